The van der Waals surface area contributed by atoms with Crippen LogP contribution in [-0.4, -0.2) is 49.3 Å². The molecule has 9 atom stereocenters. The zero-order valence-electron chi connectivity index (χ0n) is 16.4. The Kier molecular flexibility index (Phi) is 5.43. The zero-order chi connectivity index (χ0) is 17.6. The van der Waals surface area contributed by atoms with Gasteiger partial charge in [-0.2, -0.15) is 0 Å². The molecule has 0 aromatic heterocycles. The average Bonchev–Trinajstić information content (AvgIpc) is 3.43. The molecule has 0 spiro atoms. The molecule has 0 aromatic carbocycles. The summed E-state index contributed by atoms with van der Waals surface area (Å²) in [5, 5.41) is 0. The van der Waals surface area contributed by atoms with E-state index in [1.807, 2.05) is 0 Å². The molecular weight excluding hydrogens is 316 g/mol. The van der Waals surface area contributed by atoms with Gasteiger partial charge in [0.1, 0.15) is 0 Å². The van der Waals surface area contributed by atoms with Crippen molar-refractivity contribution in [1.82, 2.24) is 0 Å². The fourth-order valence-corrected chi connectivity index (χ4v) is 4.38. The van der Waals surface area contributed by atoms with Gasteiger partial charge in [-0.25, -0.2) is 0 Å². The second-order valence-corrected chi connectivity index (χ2v) is 9.29. The molecule has 4 aliphatic heterocycles. The molecule has 6 aliphatic rings. The quantitative estimate of drug-likeness (QED) is 0.619. The molecule has 4 heteroatoms. The van der Waals surface area contributed by atoms with Gasteiger partial charge in [0.25, 0.3) is 0 Å². The molecule has 0 bridgehead atoms. The summed E-state index contributed by atoms with van der Waals surface area (Å²) in [6.45, 7) is 9.91. The van der Waals surface area contributed by atoms with Gasteiger partial charge >= 0.3 is 0 Å². The maximum absolute atomic E-state index is 5.49. The summed E-state index contributed by atoms with van der Waals surface area (Å²) in [6.07, 6.45) is 12.0. The van der Waals surface area contributed by atoms with Crippen molar-refractivity contribution < 1.29 is 18.9 Å². The van der Waals surface area contributed by atoms with Crippen molar-refractivity contribution >= 4 is 0 Å². The normalized spacial score (nSPS) is 54.2. The Hall–Kier alpha value is -0.160. The second kappa shape index (κ2) is 7.46. The summed E-state index contributed by atoms with van der Waals surface area (Å²) >= 11 is 0. The van der Waals surface area contributed by atoms with Gasteiger partial charge in [0.05, 0.1) is 49.3 Å². The first-order chi connectivity index (χ1) is 12.0. The predicted molar refractivity (Wildman–Crippen MR) is 96.6 cm³/mol. The first-order valence-corrected chi connectivity index (χ1v) is 10.6. The molecule has 0 amide bonds. The van der Waals surface area contributed by atoms with E-state index in [0.717, 1.165) is 24.4 Å². The molecule has 0 radical (unpaired) electrons. The SMILES string of the molecule is CC1CC2OC2CC2OC12.CC1CCC2OC2CC1.CC1COC1C. The Morgan fingerprint density at radius 1 is 0.600 bits per heavy atom. The van der Waals surface area contributed by atoms with Crippen molar-refractivity contribution in [1.29, 1.82) is 0 Å². The fourth-order valence-electron chi connectivity index (χ4n) is 4.38. The van der Waals surface area contributed by atoms with Crippen LogP contribution < -0.4 is 0 Å². The Morgan fingerprint density at radius 2 is 1.20 bits per heavy atom. The Morgan fingerprint density at radius 3 is 1.76 bits per heavy atom. The highest BCUT2D eigenvalue weighted by molar-refractivity contribution is 5.02. The van der Waals surface area contributed by atoms with Crippen molar-refractivity contribution in [3.63, 3.8) is 0 Å². The van der Waals surface area contributed by atoms with E-state index < -0.39 is 0 Å². The highest BCUT2D eigenvalue weighted by Gasteiger charge is 2.55. The van der Waals surface area contributed by atoms with E-state index in [1.54, 1.807) is 0 Å². The molecule has 0 N–H and O–H groups in total. The summed E-state index contributed by atoms with van der Waals surface area (Å²) in [4.78, 5) is 0. The number of hydrogen-bond donors (Lipinski definition) is 0. The third kappa shape index (κ3) is 4.77. The van der Waals surface area contributed by atoms with Gasteiger partial charge in [-0.15, -0.1) is 0 Å². The van der Waals surface area contributed by atoms with E-state index in [1.165, 1.54) is 38.5 Å². The molecule has 6 rings (SSSR count). The van der Waals surface area contributed by atoms with Gasteiger partial charge in [0, 0.05) is 12.3 Å². The van der Waals surface area contributed by atoms with Crippen molar-refractivity contribution in [2.75, 3.05) is 6.61 Å². The van der Waals surface area contributed by atoms with E-state index in [9.17, 15) is 0 Å². The van der Waals surface area contributed by atoms with Crippen LogP contribution in [0, 0.1) is 17.8 Å². The summed E-state index contributed by atoms with van der Waals surface area (Å²) in [6, 6.07) is 0. The van der Waals surface area contributed by atoms with Crippen LogP contribution in [-0.2, 0) is 18.9 Å². The summed E-state index contributed by atoms with van der Waals surface area (Å²) in [7, 11) is 0. The van der Waals surface area contributed by atoms with Gasteiger partial charge in [-0.1, -0.05) is 20.8 Å². The molecule has 0 aromatic rings. The van der Waals surface area contributed by atoms with Crippen LogP contribution in [0.25, 0.3) is 0 Å². The summed E-state index contributed by atoms with van der Waals surface area (Å²) in [5.41, 5.74) is 0. The van der Waals surface area contributed by atoms with Crippen molar-refractivity contribution in [2.24, 2.45) is 17.8 Å². The fraction of sp³-hybridized carbons (Fsp3) is 1.00. The standard InChI is InChI=1S/C8H12O2.C8H14O.C5H10O/c1-4-2-5-6(9-5)3-7-8(4)10-7;1-6-2-4-7-8(9-7)5-3-6;1-4-3-6-5(4)2/h4-8H,2-3H2,1H3;6-8H,2-5H2,1H3;4-5H,3H2,1-2H3. The number of rotatable bonds is 0. The third-order valence-corrected chi connectivity index (χ3v) is 6.94. The smallest absolute Gasteiger partial charge is 0.0870 e. The van der Waals surface area contributed by atoms with Crippen LogP contribution >= 0.6 is 0 Å². The largest absolute Gasteiger partial charge is 0.378 e. The number of epoxide rings is 3. The molecule has 4 heterocycles. The number of ether oxygens (including phenoxy) is 4. The second-order valence-electron chi connectivity index (χ2n) is 9.29. The Labute approximate surface area is 152 Å². The lowest BCUT2D eigenvalue weighted by Gasteiger charge is -2.30. The lowest BCUT2D eigenvalue weighted by atomic mass is 10.0. The van der Waals surface area contributed by atoms with Gasteiger partial charge in [-0.05, 0) is 50.9 Å². The van der Waals surface area contributed by atoms with Crippen molar-refractivity contribution in [3.05, 3.63) is 0 Å². The molecule has 25 heavy (non-hydrogen) atoms. The Balaban J connectivity index is 0.0000000975. The molecule has 4 nitrogen and oxygen atoms in total. The number of fused-ring (bicyclic) bond motifs is 3. The van der Waals surface area contributed by atoms with E-state index in [2.05, 4.69) is 27.7 Å². The van der Waals surface area contributed by atoms with Crippen LogP contribution in [0.3, 0.4) is 0 Å². The molecular formula is C21H36O4. The molecule has 144 valence electrons. The molecule has 2 aliphatic carbocycles. The maximum Gasteiger partial charge on any atom is 0.0870 e. The van der Waals surface area contributed by atoms with Gasteiger partial charge in [0.2, 0.25) is 0 Å². The van der Waals surface area contributed by atoms with Crippen LogP contribution in [0.4, 0.5) is 0 Å². The van der Waals surface area contributed by atoms with Crippen LogP contribution in [0.5, 0.6) is 0 Å². The van der Waals surface area contributed by atoms with Crippen LogP contribution in [0.1, 0.15) is 66.2 Å². The summed E-state index contributed by atoms with van der Waals surface area (Å²) in [5.74, 6) is 2.51. The number of hydrogen-bond acceptors (Lipinski definition) is 4. The highest BCUT2D eigenvalue weighted by atomic mass is 16.6. The van der Waals surface area contributed by atoms with Gasteiger partial charge in [-0.3, -0.25) is 0 Å². The van der Waals surface area contributed by atoms with Crippen molar-refractivity contribution in [3.8, 4) is 0 Å². The molecule has 4 saturated heterocycles. The van der Waals surface area contributed by atoms with E-state index >= 15 is 0 Å². The van der Waals surface area contributed by atoms with Gasteiger partial charge < -0.3 is 18.9 Å². The zero-order valence-corrected chi connectivity index (χ0v) is 16.4. The first-order valence-electron chi connectivity index (χ1n) is 10.6. The topological polar surface area (TPSA) is 46.8 Å². The average molecular weight is 353 g/mol. The van der Waals surface area contributed by atoms with Gasteiger partial charge in [0.15, 0.2) is 0 Å². The highest BCUT2D eigenvalue weighted by Crippen LogP contribution is 2.46. The molecule has 2 saturated carbocycles. The minimum Gasteiger partial charge on any atom is -0.378 e. The van der Waals surface area contributed by atoms with E-state index in [4.69, 9.17) is 18.9 Å². The van der Waals surface area contributed by atoms with E-state index in [-0.39, 0.29) is 0 Å². The monoisotopic (exact) mass is 352 g/mol. The predicted octanol–water partition coefficient (Wildman–Crippen LogP) is 3.96. The molecule has 9 unspecified atom stereocenters. The summed E-state index contributed by atoms with van der Waals surface area (Å²) < 4.78 is 21.4. The lowest BCUT2D eigenvalue weighted by molar-refractivity contribution is -0.0937. The first kappa shape index (κ1) is 18.2. The van der Waals surface area contributed by atoms with Crippen LogP contribution in [0.2, 0.25) is 0 Å². The van der Waals surface area contributed by atoms with Crippen LogP contribution in [0.15, 0.2) is 0 Å². The minimum atomic E-state index is 0.532. The van der Waals surface area contributed by atoms with Crippen molar-refractivity contribution in [2.45, 2.75) is 109 Å². The maximum atomic E-state index is 5.49. The Bertz CT molecular complexity index is 429. The lowest BCUT2D eigenvalue weighted by Crippen LogP contribution is -2.34. The molecule has 6 fully saturated rings. The van der Waals surface area contributed by atoms with E-state index in [0.29, 0.717) is 42.7 Å². The third-order valence-electron chi connectivity index (χ3n) is 6.94. The minimum absolute atomic E-state index is 0.532.